The van der Waals surface area contributed by atoms with Crippen LogP contribution in [0, 0.1) is 0 Å². The molecule has 2 rings (SSSR count). The molecule has 1 aliphatic rings. The zero-order valence-corrected chi connectivity index (χ0v) is 10.0. The predicted molar refractivity (Wildman–Crippen MR) is 61.1 cm³/mol. The van der Waals surface area contributed by atoms with Crippen molar-refractivity contribution in [2.24, 2.45) is 0 Å². The van der Waals surface area contributed by atoms with E-state index in [0.717, 1.165) is 31.3 Å². The first-order chi connectivity index (χ1) is 7.79. The van der Waals surface area contributed by atoms with Crippen LogP contribution >= 0.6 is 0 Å². The molecule has 16 heavy (non-hydrogen) atoms. The maximum Gasteiger partial charge on any atom is 0.0965 e. The fourth-order valence-corrected chi connectivity index (χ4v) is 1.57. The summed E-state index contributed by atoms with van der Waals surface area (Å²) >= 11 is 0. The lowest BCUT2D eigenvalue weighted by atomic mass is 10.2. The number of hydrogen-bond donors (Lipinski definition) is 1. The van der Waals surface area contributed by atoms with Gasteiger partial charge < -0.3 is 10.1 Å². The first-order valence-corrected chi connectivity index (χ1v) is 5.92. The molecule has 1 N–H and O–H groups in total. The minimum absolute atomic E-state index is 0.349. The quantitative estimate of drug-likeness (QED) is 0.754. The molecule has 1 saturated carbocycles. The molecule has 1 atom stereocenters. The molecule has 0 amide bonds. The fraction of sp³-hybridized carbons (Fsp3) is 0.818. The van der Waals surface area contributed by atoms with E-state index in [0.29, 0.717) is 6.04 Å². The highest BCUT2D eigenvalue weighted by molar-refractivity contribution is 4.94. The predicted octanol–water partition coefficient (Wildman–Crippen LogP) is 1.13. The number of aromatic nitrogens is 3. The Morgan fingerprint density at radius 2 is 2.44 bits per heavy atom. The van der Waals surface area contributed by atoms with Gasteiger partial charge in [-0.05, 0) is 26.2 Å². The Morgan fingerprint density at radius 1 is 1.62 bits per heavy atom. The van der Waals surface area contributed by atoms with Crippen LogP contribution in [0.3, 0.4) is 0 Å². The average Bonchev–Trinajstić information content (AvgIpc) is 3.00. The number of nitrogens with one attached hydrogen (secondary N) is 1. The van der Waals surface area contributed by atoms with Gasteiger partial charge in [-0.15, -0.1) is 5.10 Å². The molecule has 0 aromatic carbocycles. The molecule has 1 aromatic rings. The molecule has 1 fully saturated rings. The summed E-state index contributed by atoms with van der Waals surface area (Å²) in [6, 6.07) is 1.07. The second-order valence-corrected chi connectivity index (χ2v) is 4.48. The van der Waals surface area contributed by atoms with Gasteiger partial charge in [-0.1, -0.05) is 5.21 Å². The number of rotatable bonds is 7. The molecule has 0 bridgehead atoms. The third-order valence-corrected chi connectivity index (χ3v) is 2.90. The number of nitrogens with zero attached hydrogens (tertiary/aromatic N) is 3. The SMILES string of the molecule is COCCC(C)n1cc(CNC2CC2)nn1. The monoisotopic (exact) mass is 224 g/mol. The van der Waals surface area contributed by atoms with Crippen molar-refractivity contribution in [2.75, 3.05) is 13.7 Å². The van der Waals surface area contributed by atoms with Crippen molar-refractivity contribution >= 4 is 0 Å². The molecule has 1 aromatic heterocycles. The highest BCUT2D eigenvalue weighted by Gasteiger charge is 2.20. The topological polar surface area (TPSA) is 52.0 Å². The molecule has 0 saturated heterocycles. The van der Waals surface area contributed by atoms with E-state index in [4.69, 9.17) is 4.74 Å². The van der Waals surface area contributed by atoms with E-state index in [1.54, 1.807) is 7.11 Å². The Bertz CT molecular complexity index is 322. The van der Waals surface area contributed by atoms with Crippen LogP contribution in [-0.4, -0.2) is 34.8 Å². The Labute approximate surface area is 96.2 Å². The zero-order chi connectivity index (χ0) is 11.4. The summed E-state index contributed by atoms with van der Waals surface area (Å²) in [5, 5.41) is 11.7. The van der Waals surface area contributed by atoms with Gasteiger partial charge in [0.05, 0.1) is 17.9 Å². The van der Waals surface area contributed by atoms with Gasteiger partial charge in [0.15, 0.2) is 0 Å². The van der Waals surface area contributed by atoms with E-state index in [-0.39, 0.29) is 0 Å². The van der Waals surface area contributed by atoms with Crippen molar-refractivity contribution < 1.29 is 4.74 Å². The van der Waals surface area contributed by atoms with E-state index in [1.807, 2.05) is 10.9 Å². The zero-order valence-electron chi connectivity index (χ0n) is 10.0. The fourth-order valence-electron chi connectivity index (χ4n) is 1.57. The van der Waals surface area contributed by atoms with Crippen molar-refractivity contribution in [3.8, 4) is 0 Å². The van der Waals surface area contributed by atoms with Crippen molar-refractivity contribution in [2.45, 2.75) is 44.8 Å². The van der Waals surface area contributed by atoms with Crippen LogP contribution in [0.1, 0.15) is 37.9 Å². The molecule has 90 valence electrons. The van der Waals surface area contributed by atoms with Crippen molar-refractivity contribution in [1.29, 1.82) is 0 Å². The van der Waals surface area contributed by atoms with Gasteiger partial charge in [-0.3, -0.25) is 0 Å². The van der Waals surface area contributed by atoms with Crippen LogP contribution in [0.2, 0.25) is 0 Å². The molecule has 1 unspecified atom stereocenters. The lowest BCUT2D eigenvalue weighted by Gasteiger charge is -2.09. The first kappa shape index (κ1) is 11.5. The van der Waals surface area contributed by atoms with Gasteiger partial charge >= 0.3 is 0 Å². The average molecular weight is 224 g/mol. The summed E-state index contributed by atoms with van der Waals surface area (Å²) in [4.78, 5) is 0. The third-order valence-electron chi connectivity index (χ3n) is 2.90. The smallest absolute Gasteiger partial charge is 0.0965 e. The minimum atomic E-state index is 0.349. The molecular weight excluding hydrogens is 204 g/mol. The Balaban J connectivity index is 1.80. The highest BCUT2D eigenvalue weighted by atomic mass is 16.5. The lowest BCUT2D eigenvalue weighted by Crippen LogP contribution is -2.15. The van der Waals surface area contributed by atoms with Gasteiger partial charge in [-0.25, -0.2) is 4.68 Å². The van der Waals surface area contributed by atoms with Crippen LogP contribution in [0.5, 0.6) is 0 Å². The van der Waals surface area contributed by atoms with E-state index in [2.05, 4.69) is 22.6 Å². The van der Waals surface area contributed by atoms with Gasteiger partial charge in [-0.2, -0.15) is 0 Å². The Hall–Kier alpha value is -0.940. The second kappa shape index (κ2) is 5.41. The summed E-state index contributed by atoms with van der Waals surface area (Å²) in [5.41, 5.74) is 1.02. The lowest BCUT2D eigenvalue weighted by molar-refractivity contribution is 0.178. The minimum Gasteiger partial charge on any atom is -0.385 e. The van der Waals surface area contributed by atoms with Gasteiger partial charge in [0.2, 0.25) is 0 Å². The van der Waals surface area contributed by atoms with E-state index in [9.17, 15) is 0 Å². The van der Waals surface area contributed by atoms with Gasteiger partial charge in [0, 0.05) is 26.3 Å². The van der Waals surface area contributed by atoms with Crippen molar-refractivity contribution in [3.05, 3.63) is 11.9 Å². The van der Waals surface area contributed by atoms with Crippen molar-refractivity contribution in [3.63, 3.8) is 0 Å². The van der Waals surface area contributed by atoms with Gasteiger partial charge in [0.1, 0.15) is 0 Å². The third kappa shape index (κ3) is 3.28. The molecule has 0 radical (unpaired) electrons. The summed E-state index contributed by atoms with van der Waals surface area (Å²) in [5.74, 6) is 0. The standard InChI is InChI=1S/C11H20N4O/c1-9(5-6-16-2)15-8-11(13-14-15)7-12-10-3-4-10/h8-10,12H,3-7H2,1-2H3. The number of ether oxygens (including phenoxy) is 1. The maximum atomic E-state index is 5.05. The van der Waals surface area contributed by atoms with E-state index in [1.165, 1.54) is 12.8 Å². The Morgan fingerprint density at radius 3 is 3.12 bits per heavy atom. The van der Waals surface area contributed by atoms with Crippen LogP contribution in [0.25, 0.3) is 0 Å². The molecule has 5 heteroatoms. The molecule has 0 aliphatic heterocycles. The van der Waals surface area contributed by atoms with Crippen LogP contribution in [0.15, 0.2) is 6.20 Å². The van der Waals surface area contributed by atoms with Crippen LogP contribution in [0.4, 0.5) is 0 Å². The molecule has 1 heterocycles. The number of methoxy groups -OCH3 is 1. The van der Waals surface area contributed by atoms with E-state index < -0.39 is 0 Å². The number of hydrogen-bond acceptors (Lipinski definition) is 4. The first-order valence-electron chi connectivity index (χ1n) is 5.92. The summed E-state index contributed by atoms with van der Waals surface area (Å²) in [6.07, 6.45) is 5.60. The van der Waals surface area contributed by atoms with Crippen molar-refractivity contribution in [1.82, 2.24) is 20.3 Å². The normalized spacial score (nSPS) is 17.6. The largest absolute Gasteiger partial charge is 0.385 e. The molecule has 5 nitrogen and oxygen atoms in total. The molecule has 0 spiro atoms. The van der Waals surface area contributed by atoms with Crippen LogP contribution < -0.4 is 5.32 Å². The molecule has 1 aliphatic carbocycles. The Kier molecular flexibility index (Phi) is 3.90. The highest BCUT2D eigenvalue weighted by Crippen LogP contribution is 2.19. The maximum absolute atomic E-state index is 5.05. The van der Waals surface area contributed by atoms with E-state index >= 15 is 0 Å². The van der Waals surface area contributed by atoms with Gasteiger partial charge in [0.25, 0.3) is 0 Å². The summed E-state index contributed by atoms with van der Waals surface area (Å²) in [6.45, 7) is 3.73. The molecular formula is C11H20N4O. The second-order valence-electron chi connectivity index (χ2n) is 4.48. The van der Waals surface area contributed by atoms with Crippen LogP contribution in [-0.2, 0) is 11.3 Å². The summed E-state index contributed by atoms with van der Waals surface area (Å²) in [7, 11) is 1.72. The summed E-state index contributed by atoms with van der Waals surface area (Å²) < 4.78 is 6.97.